The van der Waals surface area contributed by atoms with E-state index in [-0.39, 0.29) is 42.6 Å². The number of nitrogens with one attached hydrogen (secondary N) is 2. The molecule has 6 heteroatoms. The molecule has 1 aromatic carbocycles. The first-order chi connectivity index (χ1) is 13.5. The summed E-state index contributed by atoms with van der Waals surface area (Å²) < 4.78 is 0. The highest BCUT2D eigenvalue weighted by Crippen LogP contribution is 2.55. The number of nitrogens with zero attached hydrogens (tertiary/aromatic N) is 1. The van der Waals surface area contributed by atoms with Crippen LogP contribution in [0.3, 0.4) is 0 Å². The lowest BCUT2D eigenvalue weighted by Gasteiger charge is -2.56. The molecule has 1 heterocycles. The highest BCUT2D eigenvalue weighted by Gasteiger charge is 2.51. The second-order valence-electron chi connectivity index (χ2n) is 9.29. The van der Waals surface area contributed by atoms with Crippen molar-refractivity contribution in [1.82, 2.24) is 5.32 Å². The van der Waals surface area contributed by atoms with E-state index < -0.39 is 0 Å². The first-order valence-corrected chi connectivity index (χ1v) is 10.5. The third-order valence-corrected chi connectivity index (χ3v) is 7.08. The molecule has 148 valence electrons. The maximum atomic E-state index is 12.7. The largest absolute Gasteiger partial charge is 0.351 e. The second kappa shape index (κ2) is 6.61. The van der Waals surface area contributed by atoms with Gasteiger partial charge < -0.3 is 15.5 Å². The van der Waals surface area contributed by atoms with Crippen molar-refractivity contribution < 1.29 is 14.4 Å². The molecule has 4 aliphatic carbocycles. The third kappa shape index (κ3) is 3.19. The third-order valence-electron chi connectivity index (χ3n) is 7.08. The minimum absolute atomic E-state index is 0.00639. The summed E-state index contributed by atoms with van der Waals surface area (Å²) in [6.45, 7) is 0.00639. The van der Waals surface area contributed by atoms with Crippen molar-refractivity contribution in [3.8, 4) is 0 Å². The zero-order valence-corrected chi connectivity index (χ0v) is 16.1. The Morgan fingerprint density at radius 3 is 2.36 bits per heavy atom. The lowest BCUT2D eigenvalue weighted by atomic mass is 9.53. The topological polar surface area (TPSA) is 78.5 Å². The van der Waals surface area contributed by atoms with Crippen LogP contribution in [0.1, 0.15) is 51.4 Å². The summed E-state index contributed by atoms with van der Waals surface area (Å²) in [5.41, 5.74) is 1.32. The molecule has 3 amide bonds. The molecule has 4 saturated carbocycles. The van der Waals surface area contributed by atoms with Gasteiger partial charge in [0.25, 0.3) is 0 Å². The van der Waals surface area contributed by atoms with Crippen molar-refractivity contribution in [2.45, 2.75) is 56.9 Å². The average molecular weight is 381 g/mol. The Kier molecular flexibility index (Phi) is 4.18. The first kappa shape index (κ1) is 17.7. The zero-order valence-electron chi connectivity index (χ0n) is 16.1. The number of para-hydroxylation sites is 2. The average Bonchev–Trinajstić information content (AvgIpc) is 2.64. The highest BCUT2D eigenvalue weighted by atomic mass is 16.2. The Morgan fingerprint density at radius 2 is 1.68 bits per heavy atom. The van der Waals surface area contributed by atoms with E-state index in [0.29, 0.717) is 11.4 Å². The molecule has 4 fully saturated rings. The number of carbonyl (C=O) groups is 3. The molecule has 28 heavy (non-hydrogen) atoms. The molecule has 1 aliphatic heterocycles. The summed E-state index contributed by atoms with van der Waals surface area (Å²) in [6.07, 6.45) is 7.65. The van der Waals surface area contributed by atoms with Gasteiger partial charge >= 0.3 is 0 Å². The Bertz CT molecular complexity index is 799. The molecular weight excluding hydrogens is 354 g/mol. The molecule has 0 saturated heterocycles. The van der Waals surface area contributed by atoms with E-state index in [0.717, 1.165) is 37.0 Å². The summed E-state index contributed by atoms with van der Waals surface area (Å²) >= 11 is 0. The smallest absolute Gasteiger partial charge is 0.244 e. The summed E-state index contributed by atoms with van der Waals surface area (Å²) in [4.78, 5) is 38.8. The van der Waals surface area contributed by atoms with Crippen LogP contribution in [-0.4, -0.2) is 29.8 Å². The molecule has 4 bridgehead atoms. The number of benzene rings is 1. The lowest BCUT2D eigenvalue weighted by Crippen LogP contribution is -2.59. The number of anilines is 2. The van der Waals surface area contributed by atoms with Crippen LogP contribution in [0.15, 0.2) is 24.3 Å². The first-order valence-electron chi connectivity index (χ1n) is 10.5. The highest BCUT2D eigenvalue weighted by molar-refractivity contribution is 6.10. The van der Waals surface area contributed by atoms with Crippen LogP contribution in [0.4, 0.5) is 11.4 Å². The van der Waals surface area contributed by atoms with Crippen molar-refractivity contribution >= 4 is 29.1 Å². The minimum atomic E-state index is -0.204. The quantitative estimate of drug-likeness (QED) is 0.842. The van der Waals surface area contributed by atoms with E-state index in [2.05, 4.69) is 10.6 Å². The van der Waals surface area contributed by atoms with Crippen LogP contribution >= 0.6 is 0 Å². The van der Waals surface area contributed by atoms with Gasteiger partial charge in [0.1, 0.15) is 6.54 Å². The Balaban J connectivity index is 1.21. The van der Waals surface area contributed by atoms with Crippen molar-refractivity contribution in [3.05, 3.63) is 24.3 Å². The van der Waals surface area contributed by atoms with E-state index in [1.807, 2.05) is 18.2 Å². The summed E-state index contributed by atoms with van der Waals surface area (Å²) in [5.74, 6) is 1.92. The summed E-state index contributed by atoms with van der Waals surface area (Å²) in [5, 5.41) is 6.10. The van der Waals surface area contributed by atoms with Gasteiger partial charge in [-0.3, -0.25) is 14.4 Å². The maximum Gasteiger partial charge on any atom is 0.244 e. The van der Waals surface area contributed by atoms with Gasteiger partial charge in [-0.05, 0) is 68.4 Å². The molecule has 5 aliphatic rings. The van der Waals surface area contributed by atoms with Crippen molar-refractivity contribution in [1.29, 1.82) is 0 Å². The van der Waals surface area contributed by atoms with Gasteiger partial charge in [0.2, 0.25) is 17.7 Å². The van der Waals surface area contributed by atoms with Crippen LogP contribution in [0.25, 0.3) is 0 Å². The fourth-order valence-corrected chi connectivity index (χ4v) is 6.43. The van der Waals surface area contributed by atoms with Crippen LogP contribution in [0.5, 0.6) is 0 Å². The molecule has 6 rings (SSSR count). The van der Waals surface area contributed by atoms with Gasteiger partial charge in [-0.15, -0.1) is 0 Å². The fraction of sp³-hybridized carbons (Fsp3) is 0.591. The predicted octanol–water partition coefficient (Wildman–Crippen LogP) is 2.84. The zero-order chi connectivity index (χ0) is 19.3. The fourth-order valence-electron chi connectivity index (χ4n) is 6.43. The Morgan fingerprint density at radius 1 is 1.04 bits per heavy atom. The number of hydrogen-bond acceptors (Lipinski definition) is 3. The summed E-state index contributed by atoms with van der Waals surface area (Å²) in [6, 6.07) is 7.27. The lowest BCUT2D eigenvalue weighted by molar-refractivity contribution is -0.129. The van der Waals surface area contributed by atoms with Gasteiger partial charge in [-0.25, -0.2) is 0 Å². The standard InChI is InChI=1S/C22H27N3O3/c26-19(24-22-10-14-7-15(11-22)9-16(8-14)12-22)5-6-21(28)25-13-20(27)23-17-3-1-2-4-18(17)25/h1-4,14-16H,5-13H2,(H,23,27)(H,24,26). The molecule has 0 unspecified atom stereocenters. The number of amides is 3. The van der Waals surface area contributed by atoms with E-state index in [4.69, 9.17) is 0 Å². The van der Waals surface area contributed by atoms with Crippen molar-refractivity contribution in [2.24, 2.45) is 17.8 Å². The monoisotopic (exact) mass is 381 g/mol. The SMILES string of the molecule is O=C1CN(C(=O)CCC(=O)NC23CC4CC(CC(C4)C2)C3)c2ccccc2N1. The molecular formula is C22H27N3O3. The predicted molar refractivity (Wildman–Crippen MR) is 106 cm³/mol. The van der Waals surface area contributed by atoms with Gasteiger partial charge in [-0.2, -0.15) is 0 Å². The number of fused-ring (bicyclic) bond motifs is 1. The minimum Gasteiger partial charge on any atom is -0.351 e. The van der Waals surface area contributed by atoms with Crippen LogP contribution in [-0.2, 0) is 14.4 Å². The van der Waals surface area contributed by atoms with E-state index in [1.165, 1.54) is 24.2 Å². The van der Waals surface area contributed by atoms with Crippen molar-refractivity contribution in [2.75, 3.05) is 16.8 Å². The molecule has 2 N–H and O–H groups in total. The maximum absolute atomic E-state index is 12.7. The van der Waals surface area contributed by atoms with Crippen LogP contribution in [0.2, 0.25) is 0 Å². The van der Waals surface area contributed by atoms with E-state index in [9.17, 15) is 14.4 Å². The van der Waals surface area contributed by atoms with E-state index in [1.54, 1.807) is 6.07 Å². The Hall–Kier alpha value is -2.37. The number of hydrogen-bond donors (Lipinski definition) is 2. The van der Waals surface area contributed by atoms with Gasteiger partial charge in [0, 0.05) is 18.4 Å². The molecule has 0 spiro atoms. The van der Waals surface area contributed by atoms with Gasteiger partial charge in [-0.1, -0.05) is 12.1 Å². The van der Waals surface area contributed by atoms with Gasteiger partial charge in [0.15, 0.2) is 0 Å². The molecule has 6 nitrogen and oxygen atoms in total. The molecule has 1 aromatic rings. The molecule has 0 atom stereocenters. The number of rotatable bonds is 4. The number of carbonyl (C=O) groups excluding carboxylic acids is 3. The second-order valence-corrected chi connectivity index (χ2v) is 9.29. The molecule has 0 aromatic heterocycles. The molecule has 0 radical (unpaired) electrons. The normalized spacial score (nSPS) is 32.6. The van der Waals surface area contributed by atoms with Crippen LogP contribution < -0.4 is 15.5 Å². The van der Waals surface area contributed by atoms with Crippen LogP contribution in [0, 0.1) is 17.8 Å². The summed E-state index contributed by atoms with van der Waals surface area (Å²) in [7, 11) is 0. The van der Waals surface area contributed by atoms with E-state index >= 15 is 0 Å². The van der Waals surface area contributed by atoms with Gasteiger partial charge in [0.05, 0.1) is 11.4 Å². The van der Waals surface area contributed by atoms with Crippen molar-refractivity contribution in [3.63, 3.8) is 0 Å². The Labute approximate surface area is 165 Å².